The monoisotopic (exact) mass is 212 g/mol. The summed E-state index contributed by atoms with van der Waals surface area (Å²) in [5.74, 6) is 0.556. The number of hydrogen-bond acceptors (Lipinski definition) is 2. The van der Waals surface area contributed by atoms with Gasteiger partial charge in [0.2, 0.25) is 0 Å². The summed E-state index contributed by atoms with van der Waals surface area (Å²) in [5, 5.41) is 10.1. The van der Waals surface area contributed by atoms with Gasteiger partial charge in [0.25, 0.3) is 0 Å². The molecule has 0 aliphatic carbocycles. The number of halogens is 1. The molecule has 1 aromatic carbocycles. The van der Waals surface area contributed by atoms with E-state index in [-0.39, 0.29) is 11.9 Å². The van der Waals surface area contributed by atoms with Gasteiger partial charge in [-0.05, 0) is 32.0 Å². The van der Waals surface area contributed by atoms with Crippen LogP contribution in [0.25, 0.3) is 5.76 Å². The van der Waals surface area contributed by atoms with Crippen molar-refractivity contribution in [2.24, 2.45) is 0 Å². The van der Waals surface area contributed by atoms with Crippen LogP contribution in [0.4, 0.5) is 0 Å². The summed E-state index contributed by atoms with van der Waals surface area (Å²) in [4.78, 5) is 0. The zero-order valence-corrected chi connectivity index (χ0v) is 9.01. The minimum atomic E-state index is 0.0286. The minimum Gasteiger partial charge on any atom is -0.507 e. The molecule has 0 heterocycles. The van der Waals surface area contributed by atoms with Gasteiger partial charge in [0.1, 0.15) is 11.5 Å². The highest BCUT2D eigenvalue weighted by Gasteiger charge is 2.08. The van der Waals surface area contributed by atoms with E-state index in [1.165, 1.54) is 6.07 Å². The van der Waals surface area contributed by atoms with Crippen molar-refractivity contribution in [1.29, 1.82) is 0 Å². The summed E-state index contributed by atoms with van der Waals surface area (Å²) in [7, 11) is 0. The lowest BCUT2D eigenvalue weighted by molar-refractivity contribution is 0.204. The van der Waals surface area contributed by atoms with Gasteiger partial charge < -0.3 is 9.84 Å². The van der Waals surface area contributed by atoms with Crippen molar-refractivity contribution >= 4 is 17.4 Å². The largest absolute Gasteiger partial charge is 0.507 e. The molecule has 0 fully saturated rings. The summed E-state index contributed by atoms with van der Waals surface area (Å²) in [5.41, 5.74) is 0.534. The van der Waals surface area contributed by atoms with E-state index in [2.05, 4.69) is 6.58 Å². The van der Waals surface area contributed by atoms with E-state index >= 15 is 0 Å². The van der Waals surface area contributed by atoms with Crippen LogP contribution in [0.15, 0.2) is 24.8 Å². The van der Waals surface area contributed by atoms with Crippen LogP contribution in [-0.2, 0) is 4.74 Å². The number of rotatable bonds is 3. The lowest BCUT2D eigenvalue weighted by Crippen LogP contribution is -2.00. The maximum atomic E-state index is 9.52. The Morgan fingerprint density at radius 2 is 2.14 bits per heavy atom. The number of phenolic OH excluding ortho intramolecular Hbond substituents is 1. The van der Waals surface area contributed by atoms with Crippen LogP contribution < -0.4 is 0 Å². The van der Waals surface area contributed by atoms with E-state index in [1.807, 2.05) is 13.8 Å². The molecule has 0 aliphatic heterocycles. The van der Waals surface area contributed by atoms with Crippen LogP contribution >= 0.6 is 11.6 Å². The van der Waals surface area contributed by atoms with Crippen LogP contribution in [-0.4, -0.2) is 11.2 Å². The molecule has 0 amide bonds. The summed E-state index contributed by atoms with van der Waals surface area (Å²) < 4.78 is 5.36. The standard InChI is InChI=1S/C11H13ClO2/c1-7(2)14-8(3)10-6-9(12)4-5-11(10)13/h4-7,13H,3H2,1-2H3. The summed E-state index contributed by atoms with van der Waals surface area (Å²) in [6, 6.07) is 4.76. The van der Waals surface area contributed by atoms with Crippen molar-refractivity contribution in [3.8, 4) is 5.75 Å². The molecule has 1 rings (SSSR count). The fourth-order valence-electron chi connectivity index (χ4n) is 1.08. The molecule has 0 atom stereocenters. The van der Waals surface area contributed by atoms with Gasteiger partial charge in [-0.15, -0.1) is 0 Å². The van der Waals surface area contributed by atoms with Gasteiger partial charge in [0.15, 0.2) is 0 Å². The first-order chi connectivity index (χ1) is 6.50. The van der Waals surface area contributed by atoms with Gasteiger partial charge in [-0.3, -0.25) is 0 Å². The quantitative estimate of drug-likeness (QED) is 0.778. The summed E-state index contributed by atoms with van der Waals surface area (Å²) in [6.07, 6.45) is 0.0286. The van der Waals surface area contributed by atoms with E-state index in [1.54, 1.807) is 12.1 Å². The molecule has 2 nitrogen and oxygen atoms in total. The Labute approximate surface area is 88.8 Å². The van der Waals surface area contributed by atoms with Crippen molar-refractivity contribution in [2.45, 2.75) is 20.0 Å². The fraction of sp³-hybridized carbons (Fsp3) is 0.273. The number of ether oxygens (including phenoxy) is 1. The highest BCUT2D eigenvalue weighted by Crippen LogP contribution is 2.28. The lowest BCUT2D eigenvalue weighted by Gasteiger charge is -2.13. The Bertz CT molecular complexity index is 345. The van der Waals surface area contributed by atoms with Gasteiger partial charge in [-0.1, -0.05) is 18.2 Å². The first-order valence-corrected chi connectivity index (χ1v) is 4.73. The summed E-state index contributed by atoms with van der Waals surface area (Å²) >= 11 is 5.79. The highest BCUT2D eigenvalue weighted by atomic mass is 35.5. The second-order valence-electron chi connectivity index (χ2n) is 3.25. The molecule has 0 aliphatic rings. The average Bonchev–Trinajstić information content (AvgIpc) is 2.08. The second-order valence-corrected chi connectivity index (χ2v) is 3.69. The van der Waals surface area contributed by atoms with Crippen molar-refractivity contribution in [3.05, 3.63) is 35.4 Å². The predicted molar refractivity (Wildman–Crippen MR) is 58.4 cm³/mol. The van der Waals surface area contributed by atoms with Gasteiger partial charge in [0, 0.05) is 5.02 Å². The molecule has 0 bridgehead atoms. The topological polar surface area (TPSA) is 29.5 Å². The lowest BCUT2D eigenvalue weighted by atomic mass is 10.2. The predicted octanol–water partition coefficient (Wildman–Crippen LogP) is 3.44. The second kappa shape index (κ2) is 4.38. The third-order valence-electron chi connectivity index (χ3n) is 1.64. The number of benzene rings is 1. The Hall–Kier alpha value is -1.15. The first-order valence-electron chi connectivity index (χ1n) is 4.35. The van der Waals surface area contributed by atoms with Crippen molar-refractivity contribution < 1.29 is 9.84 Å². The Morgan fingerprint density at radius 1 is 1.50 bits per heavy atom. The van der Waals surface area contributed by atoms with E-state index in [4.69, 9.17) is 16.3 Å². The Balaban J connectivity index is 2.94. The van der Waals surface area contributed by atoms with Gasteiger partial charge in [0.05, 0.1) is 11.7 Å². The van der Waals surface area contributed by atoms with Gasteiger partial charge in [-0.2, -0.15) is 0 Å². The molecule has 1 aromatic rings. The molecule has 0 saturated carbocycles. The van der Waals surface area contributed by atoms with Crippen LogP contribution in [0.1, 0.15) is 19.4 Å². The number of phenols is 1. The Morgan fingerprint density at radius 3 is 2.71 bits per heavy atom. The van der Waals surface area contributed by atoms with E-state index < -0.39 is 0 Å². The van der Waals surface area contributed by atoms with E-state index in [0.29, 0.717) is 16.3 Å². The zero-order chi connectivity index (χ0) is 10.7. The maximum absolute atomic E-state index is 9.52. The average molecular weight is 213 g/mol. The third kappa shape index (κ3) is 2.67. The van der Waals surface area contributed by atoms with Crippen LogP contribution in [0.2, 0.25) is 5.02 Å². The van der Waals surface area contributed by atoms with Crippen molar-refractivity contribution in [1.82, 2.24) is 0 Å². The fourth-order valence-corrected chi connectivity index (χ4v) is 1.25. The van der Waals surface area contributed by atoms with E-state index in [9.17, 15) is 5.11 Å². The van der Waals surface area contributed by atoms with Crippen LogP contribution in [0, 0.1) is 0 Å². The molecule has 0 saturated heterocycles. The van der Waals surface area contributed by atoms with Crippen LogP contribution in [0.5, 0.6) is 5.75 Å². The van der Waals surface area contributed by atoms with Crippen molar-refractivity contribution in [3.63, 3.8) is 0 Å². The van der Waals surface area contributed by atoms with Crippen molar-refractivity contribution in [2.75, 3.05) is 0 Å². The normalized spacial score (nSPS) is 10.3. The zero-order valence-electron chi connectivity index (χ0n) is 8.25. The smallest absolute Gasteiger partial charge is 0.126 e. The maximum Gasteiger partial charge on any atom is 0.126 e. The number of hydrogen-bond donors (Lipinski definition) is 1. The molecule has 3 heteroatoms. The first kappa shape index (κ1) is 10.9. The molecule has 0 aromatic heterocycles. The van der Waals surface area contributed by atoms with Gasteiger partial charge >= 0.3 is 0 Å². The molecular formula is C11H13ClO2. The molecule has 0 spiro atoms. The molecule has 14 heavy (non-hydrogen) atoms. The SMILES string of the molecule is C=C(OC(C)C)c1cc(Cl)ccc1O. The van der Waals surface area contributed by atoms with Crippen LogP contribution in [0.3, 0.4) is 0 Å². The molecule has 1 N–H and O–H groups in total. The number of aromatic hydroxyl groups is 1. The highest BCUT2D eigenvalue weighted by molar-refractivity contribution is 6.30. The summed E-state index contributed by atoms with van der Waals surface area (Å²) in [6.45, 7) is 7.52. The molecular weight excluding hydrogens is 200 g/mol. The Kier molecular flexibility index (Phi) is 3.42. The van der Waals surface area contributed by atoms with E-state index in [0.717, 1.165) is 0 Å². The third-order valence-corrected chi connectivity index (χ3v) is 1.87. The molecule has 0 unspecified atom stereocenters. The minimum absolute atomic E-state index is 0.0286. The molecule has 76 valence electrons. The molecule has 0 radical (unpaired) electrons. The van der Waals surface area contributed by atoms with Gasteiger partial charge in [-0.25, -0.2) is 0 Å².